The molecule has 1 fully saturated rings. The van der Waals surface area contributed by atoms with Crippen molar-refractivity contribution >= 4 is 17.4 Å². The molecule has 0 aliphatic carbocycles. The maximum atomic E-state index is 3.54. The third kappa shape index (κ3) is 3.39. The van der Waals surface area contributed by atoms with Crippen LogP contribution in [0.3, 0.4) is 0 Å². The average Bonchev–Trinajstić information content (AvgIpc) is 2.40. The third-order valence-electron chi connectivity index (χ3n) is 3.43. The van der Waals surface area contributed by atoms with Gasteiger partial charge in [-0.25, -0.2) is 0 Å². The molecule has 0 aromatic heterocycles. The fourth-order valence-corrected chi connectivity index (χ4v) is 2.83. The average molecular weight is 250 g/mol. The molecule has 0 unspecified atom stereocenters. The number of rotatable bonds is 4. The molecule has 0 amide bonds. The lowest BCUT2D eigenvalue weighted by molar-refractivity contribution is 0.424. The Morgan fingerprint density at radius 1 is 1.24 bits per heavy atom. The lowest BCUT2D eigenvalue weighted by Crippen LogP contribution is -2.42. The first-order valence-corrected chi connectivity index (χ1v) is 7.68. The largest absolute Gasteiger partial charge is 0.371 e. The van der Waals surface area contributed by atoms with E-state index in [0.717, 1.165) is 12.6 Å². The van der Waals surface area contributed by atoms with E-state index in [0.29, 0.717) is 0 Å². The van der Waals surface area contributed by atoms with E-state index in [-0.39, 0.29) is 0 Å². The van der Waals surface area contributed by atoms with E-state index in [1.165, 1.54) is 36.5 Å². The highest BCUT2D eigenvalue weighted by atomic mass is 32.2. The number of benzene rings is 1. The topological polar surface area (TPSA) is 15.3 Å². The maximum absolute atomic E-state index is 3.54. The summed E-state index contributed by atoms with van der Waals surface area (Å²) >= 11 is 1.80. The van der Waals surface area contributed by atoms with E-state index in [1.54, 1.807) is 11.8 Å². The van der Waals surface area contributed by atoms with Crippen molar-refractivity contribution in [2.45, 2.75) is 30.7 Å². The van der Waals surface area contributed by atoms with Crippen molar-refractivity contribution in [1.29, 1.82) is 0 Å². The third-order valence-corrected chi connectivity index (χ3v) is 4.17. The lowest BCUT2D eigenvalue weighted by atomic mass is 10.0. The summed E-state index contributed by atoms with van der Waals surface area (Å²) in [5, 5.41) is 3.54. The molecule has 1 heterocycles. The molecular weight excluding hydrogens is 228 g/mol. The van der Waals surface area contributed by atoms with E-state index in [9.17, 15) is 0 Å². The molecule has 2 rings (SSSR count). The van der Waals surface area contributed by atoms with Crippen LogP contribution in [0.2, 0.25) is 0 Å². The zero-order valence-electron chi connectivity index (χ0n) is 10.8. The van der Waals surface area contributed by atoms with Crippen LogP contribution in [0.15, 0.2) is 29.2 Å². The number of anilines is 1. The van der Waals surface area contributed by atoms with Crippen molar-refractivity contribution in [3.8, 4) is 0 Å². The Hall–Kier alpha value is -0.670. The lowest BCUT2D eigenvalue weighted by Gasteiger charge is -2.34. The molecule has 0 spiro atoms. The van der Waals surface area contributed by atoms with E-state index >= 15 is 0 Å². The Balaban J connectivity index is 1.91. The Bertz CT molecular complexity index is 329. The molecule has 3 heteroatoms. The number of thioether (sulfide) groups is 1. The van der Waals surface area contributed by atoms with Crippen LogP contribution in [0.4, 0.5) is 5.69 Å². The molecule has 1 aliphatic heterocycles. The molecule has 0 radical (unpaired) electrons. The van der Waals surface area contributed by atoms with Gasteiger partial charge in [0.05, 0.1) is 0 Å². The van der Waals surface area contributed by atoms with Crippen molar-refractivity contribution in [1.82, 2.24) is 5.32 Å². The summed E-state index contributed by atoms with van der Waals surface area (Å²) in [5.41, 5.74) is 1.37. The van der Waals surface area contributed by atoms with E-state index in [1.807, 2.05) is 0 Å². The van der Waals surface area contributed by atoms with Crippen LogP contribution in [0.25, 0.3) is 0 Å². The quantitative estimate of drug-likeness (QED) is 0.827. The standard InChI is InChI=1S/C14H22N2S/c1-3-15-12-8-10-16(11-9-12)13-4-6-14(17-2)7-5-13/h4-7,12,15H,3,8-11H2,1-2H3. The second-order valence-corrected chi connectivity index (χ2v) is 5.40. The highest BCUT2D eigenvalue weighted by molar-refractivity contribution is 7.98. The molecule has 1 N–H and O–H groups in total. The number of nitrogens with one attached hydrogen (secondary N) is 1. The van der Waals surface area contributed by atoms with Crippen molar-refractivity contribution in [2.75, 3.05) is 30.8 Å². The van der Waals surface area contributed by atoms with Gasteiger partial charge in [-0.05, 0) is 49.9 Å². The summed E-state index contributed by atoms with van der Waals surface area (Å²) in [4.78, 5) is 3.84. The SMILES string of the molecule is CCNC1CCN(c2ccc(SC)cc2)CC1. The van der Waals surface area contributed by atoms with Crippen LogP contribution in [-0.2, 0) is 0 Å². The normalized spacial score (nSPS) is 17.4. The first-order valence-electron chi connectivity index (χ1n) is 6.46. The fourth-order valence-electron chi connectivity index (χ4n) is 2.42. The van der Waals surface area contributed by atoms with Gasteiger partial charge in [0.2, 0.25) is 0 Å². The van der Waals surface area contributed by atoms with Gasteiger partial charge in [-0.3, -0.25) is 0 Å². The highest BCUT2D eigenvalue weighted by Gasteiger charge is 2.18. The molecule has 17 heavy (non-hydrogen) atoms. The van der Waals surface area contributed by atoms with Crippen LogP contribution in [-0.4, -0.2) is 31.9 Å². The number of hydrogen-bond donors (Lipinski definition) is 1. The van der Waals surface area contributed by atoms with Gasteiger partial charge in [-0.15, -0.1) is 11.8 Å². The summed E-state index contributed by atoms with van der Waals surface area (Å²) < 4.78 is 0. The Morgan fingerprint density at radius 3 is 2.41 bits per heavy atom. The second kappa shape index (κ2) is 6.31. The summed E-state index contributed by atoms with van der Waals surface area (Å²) in [6.45, 7) is 5.63. The van der Waals surface area contributed by atoms with Crippen molar-refractivity contribution < 1.29 is 0 Å². The van der Waals surface area contributed by atoms with E-state index in [4.69, 9.17) is 0 Å². The van der Waals surface area contributed by atoms with Crippen LogP contribution in [0.5, 0.6) is 0 Å². The number of nitrogens with zero attached hydrogens (tertiary/aromatic N) is 1. The minimum atomic E-state index is 0.724. The maximum Gasteiger partial charge on any atom is 0.0366 e. The van der Waals surface area contributed by atoms with Gasteiger partial charge in [-0.2, -0.15) is 0 Å². The van der Waals surface area contributed by atoms with Crippen LogP contribution in [0, 0.1) is 0 Å². The molecule has 94 valence electrons. The van der Waals surface area contributed by atoms with Gasteiger partial charge < -0.3 is 10.2 Å². The van der Waals surface area contributed by atoms with Gasteiger partial charge in [0, 0.05) is 29.7 Å². The van der Waals surface area contributed by atoms with E-state index < -0.39 is 0 Å². The molecule has 1 saturated heterocycles. The van der Waals surface area contributed by atoms with Gasteiger partial charge in [0.25, 0.3) is 0 Å². The molecule has 2 nitrogen and oxygen atoms in total. The first-order chi connectivity index (χ1) is 8.33. The smallest absolute Gasteiger partial charge is 0.0366 e. The van der Waals surface area contributed by atoms with Crippen molar-refractivity contribution in [3.63, 3.8) is 0 Å². The van der Waals surface area contributed by atoms with Gasteiger partial charge in [0.1, 0.15) is 0 Å². The summed E-state index contributed by atoms with van der Waals surface area (Å²) in [6, 6.07) is 9.66. The minimum absolute atomic E-state index is 0.724. The summed E-state index contributed by atoms with van der Waals surface area (Å²) in [7, 11) is 0. The van der Waals surface area contributed by atoms with Crippen LogP contribution in [0.1, 0.15) is 19.8 Å². The first kappa shape index (κ1) is 12.8. The second-order valence-electron chi connectivity index (χ2n) is 4.52. The van der Waals surface area contributed by atoms with Crippen molar-refractivity contribution in [3.05, 3.63) is 24.3 Å². The Morgan fingerprint density at radius 2 is 1.88 bits per heavy atom. The van der Waals surface area contributed by atoms with Crippen molar-refractivity contribution in [2.24, 2.45) is 0 Å². The van der Waals surface area contributed by atoms with Gasteiger partial charge >= 0.3 is 0 Å². The molecule has 1 aromatic rings. The van der Waals surface area contributed by atoms with Gasteiger partial charge in [0.15, 0.2) is 0 Å². The molecule has 0 atom stereocenters. The highest BCUT2D eigenvalue weighted by Crippen LogP contribution is 2.23. The predicted molar refractivity (Wildman–Crippen MR) is 77.1 cm³/mol. The predicted octanol–water partition coefficient (Wildman–Crippen LogP) is 2.99. The molecular formula is C14H22N2S. The molecule has 1 aromatic carbocycles. The van der Waals surface area contributed by atoms with E-state index in [2.05, 4.69) is 47.7 Å². The number of hydrogen-bond acceptors (Lipinski definition) is 3. The molecule has 1 aliphatic rings. The monoisotopic (exact) mass is 250 g/mol. The zero-order valence-corrected chi connectivity index (χ0v) is 11.6. The summed E-state index contributed by atoms with van der Waals surface area (Å²) in [5.74, 6) is 0. The zero-order chi connectivity index (χ0) is 12.1. The van der Waals surface area contributed by atoms with Crippen LogP contribution < -0.4 is 10.2 Å². The van der Waals surface area contributed by atoms with Gasteiger partial charge in [-0.1, -0.05) is 6.92 Å². The number of piperidine rings is 1. The summed E-state index contributed by atoms with van der Waals surface area (Å²) in [6.07, 6.45) is 4.65. The minimum Gasteiger partial charge on any atom is -0.371 e. The molecule has 0 saturated carbocycles. The Labute approximate surface area is 109 Å². The fraction of sp³-hybridized carbons (Fsp3) is 0.571. The van der Waals surface area contributed by atoms with Crippen LogP contribution >= 0.6 is 11.8 Å². The molecule has 0 bridgehead atoms. The Kier molecular flexibility index (Phi) is 4.75.